The van der Waals surface area contributed by atoms with Gasteiger partial charge in [0.25, 0.3) is 0 Å². The summed E-state index contributed by atoms with van der Waals surface area (Å²) in [5, 5.41) is 0. The van der Waals surface area contributed by atoms with Crippen LogP contribution in [-0.4, -0.2) is 19.8 Å². The molecule has 19 heavy (non-hydrogen) atoms. The number of rotatable bonds is 9. The van der Waals surface area contributed by atoms with Gasteiger partial charge >= 0.3 is 0 Å². The van der Waals surface area contributed by atoms with Crippen molar-refractivity contribution in [2.45, 2.75) is 19.4 Å². The van der Waals surface area contributed by atoms with Crippen LogP contribution in [0.15, 0.2) is 24.3 Å². The number of ether oxygens (including phenoxy) is 1. The number of terminal acetylenes is 1. The SMILES string of the molecule is C#CCOc1cccc(C(C)NNCCCON)c1. The van der Waals surface area contributed by atoms with Gasteiger partial charge in [0.15, 0.2) is 0 Å². The van der Waals surface area contributed by atoms with E-state index in [1.165, 1.54) is 0 Å². The highest BCUT2D eigenvalue weighted by atomic mass is 16.6. The first-order valence-corrected chi connectivity index (χ1v) is 6.24. The first-order valence-electron chi connectivity index (χ1n) is 6.24. The molecule has 0 heterocycles. The molecule has 1 aromatic carbocycles. The minimum atomic E-state index is 0.160. The standard InChI is InChI=1S/C14H21N3O2/c1-3-9-18-14-7-4-6-13(11-14)12(2)17-16-8-5-10-19-15/h1,4,6-7,11-12,16-17H,5,8-10,15H2,2H3. The third kappa shape index (κ3) is 6.22. The predicted octanol–water partition coefficient (Wildman–Crippen LogP) is 1.13. The van der Waals surface area contributed by atoms with E-state index in [1.807, 2.05) is 24.3 Å². The maximum atomic E-state index is 5.39. The average molecular weight is 263 g/mol. The van der Waals surface area contributed by atoms with Crippen molar-refractivity contribution in [3.05, 3.63) is 29.8 Å². The quantitative estimate of drug-likeness (QED) is 0.354. The largest absolute Gasteiger partial charge is 0.481 e. The summed E-state index contributed by atoms with van der Waals surface area (Å²) in [5.74, 6) is 8.17. The van der Waals surface area contributed by atoms with E-state index in [4.69, 9.17) is 17.1 Å². The minimum Gasteiger partial charge on any atom is -0.481 e. The van der Waals surface area contributed by atoms with Gasteiger partial charge in [0.05, 0.1) is 6.61 Å². The van der Waals surface area contributed by atoms with Gasteiger partial charge in [0.2, 0.25) is 0 Å². The molecule has 5 nitrogen and oxygen atoms in total. The lowest BCUT2D eigenvalue weighted by Gasteiger charge is -2.16. The Labute approximate surface area is 114 Å². The molecule has 0 aliphatic heterocycles. The van der Waals surface area contributed by atoms with Crippen molar-refractivity contribution in [3.8, 4) is 18.1 Å². The summed E-state index contributed by atoms with van der Waals surface area (Å²) in [6.07, 6.45) is 6.01. The number of hydrogen-bond acceptors (Lipinski definition) is 5. The molecular formula is C14H21N3O2. The summed E-state index contributed by atoms with van der Waals surface area (Å²) >= 11 is 0. The fourth-order valence-corrected chi connectivity index (χ4v) is 1.55. The van der Waals surface area contributed by atoms with E-state index in [9.17, 15) is 0 Å². The number of benzene rings is 1. The number of nitrogens with two attached hydrogens (primary N) is 1. The Morgan fingerprint density at radius 1 is 1.47 bits per heavy atom. The van der Waals surface area contributed by atoms with Crippen molar-refractivity contribution in [1.29, 1.82) is 0 Å². The summed E-state index contributed by atoms with van der Waals surface area (Å²) in [6, 6.07) is 8.00. The molecule has 1 rings (SSSR count). The Bertz CT molecular complexity index is 404. The molecule has 0 radical (unpaired) electrons. The van der Waals surface area contributed by atoms with Crippen LogP contribution in [0, 0.1) is 12.3 Å². The van der Waals surface area contributed by atoms with E-state index in [1.54, 1.807) is 0 Å². The molecule has 0 bridgehead atoms. The molecule has 0 saturated carbocycles. The Morgan fingerprint density at radius 3 is 3.05 bits per heavy atom. The molecule has 0 amide bonds. The van der Waals surface area contributed by atoms with E-state index >= 15 is 0 Å². The summed E-state index contributed by atoms with van der Waals surface area (Å²) < 4.78 is 5.39. The normalized spacial score (nSPS) is 11.8. The van der Waals surface area contributed by atoms with Crippen molar-refractivity contribution in [2.24, 2.45) is 5.90 Å². The van der Waals surface area contributed by atoms with Crippen molar-refractivity contribution in [3.63, 3.8) is 0 Å². The molecule has 4 N–H and O–H groups in total. The van der Waals surface area contributed by atoms with Crippen molar-refractivity contribution in [2.75, 3.05) is 19.8 Å². The molecule has 0 aliphatic rings. The smallest absolute Gasteiger partial charge is 0.148 e. The molecule has 1 atom stereocenters. The number of hydrogen-bond donors (Lipinski definition) is 3. The molecule has 1 aromatic rings. The van der Waals surface area contributed by atoms with Crippen LogP contribution in [0.1, 0.15) is 24.9 Å². The molecule has 0 aliphatic carbocycles. The van der Waals surface area contributed by atoms with Gasteiger partial charge in [-0.15, -0.1) is 6.42 Å². The van der Waals surface area contributed by atoms with Crippen molar-refractivity contribution < 1.29 is 9.57 Å². The molecule has 104 valence electrons. The van der Waals surface area contributed by atoms with Crippen LogP contribution in [0.3, 0.4) is 0 Å². The maximum Gasteiger partial charge on any atom is 0.148 e. The zero-order valence-electron chi connectivity index (χ0n) is 11.2. The van der Waals surface area contributed by atoms with Crippen LogP contribution in [-0.2, 0) is 4.84 Å². The van der Waals surface area contributed by atoms with E-state index in [-0.39, 0.29) is 12.6 Å². The number of nitrogens with one attached hydrogen (secondary N) is 2. The highest BCUT2D eigenvalue weighted by Gasteiger charge is 2.05. The van der Waals surface area contributed by atoms with Crippen LogP contribution in [0.4, 0.5) is 0 Å². The van der Waals surface area contributed by atoms with Crippen LogP contribution >= 0.6 is 0 Å². The van der Waals surface area contributed by atoms with Gasteiger partial charge in [0, 0.05) is 12.6 Å². The van der Waals surface area contributed by atoms with Crippen LogP contribution in [0.5, 0.6) is 5.75 Å². The average Bonchev–Trinajstić information content (AvgIpc) is 2.45. The molecule has 0 saturated heterocycles. The molecule has 1 unspecified atom stereocenters. The second-order valence-electron chi connectivity index (χ2n) is 4.08. The van der Waals surface area contributed by atoms with Gasteiger partial charge in [0.1, 0.15) is 12.4 Å². The summed E-state index contributed by atoms with van der Waals surface area (Å²) in [6.45, 7) is 3.67. The van der Waals surface area contributed by atoms with Crippen LogP contribution < -0.4 is 21.5 Å². The fraction of sp³-hybridized carbons (Fsp3) is 0.429. The first-order chi connectivity index (χ1) is 9.27. The summed E-state index contributed by atoms with van der Waals surface area (Å²) in [4.78, 5) is 4.49. The van der Waals surface area contributed by atoms with E-state index in [0.717, 1.165) is 24.3 Å². The second kappa shape index (κ2) is 9.36. The lowest BCUT2D eigenvalue weighted by molar-refractivity contribution is 0.134. The van der Waals surface area contributed by atoms with Crippen LogP contribution in [0.2, 0.25) is 0 Å². The minimum absolute atomic E-state index is 0.160. The molecule has 5 heteroatoms. The third-order valence-electron chi connectivity index (χ3n) is 2.56. The van der Waals surface area contributed by atoms with Crippen LogP contribution in [0.25, 0.3) is 0 Å². The van der Waals surface area contributed by atoms with Gasteiger partial charge in [-0.05, 0) is 31.0 Å². The Morgan fingerprint density at radius 2 is 2.32 bits per heavy atom. The zero-order valence-corrected chi connectivity index (χ0v) is 11.2. The van der Waals surface area contributed by atoms with Crippen molar-refractivity contribution in [1.82, 2.24) is 10.9 Å². The summed E-state index contributed by atoms with van der Waals surface area (Å²) in [7, 11) is 0. The monoisotopic (exact) mass is 263 g/mol. The highest BCUT2D eigenvalue weighted by Crippen LogP contribution is 2.18. The maximum absolute atomic E-state index is 5.39. The Kier molecular flexibility index (Phi) is 7.63. The van der Waals surface area contributed by atoms with Gasteiger partial charge in [-0.2, -0.15) is 0 Å². The Hall–Kier alpha value is -1.58. The lowest BCUT2D eigenvalue weighted by Crippen LogP contribution is -2.35. The van der Waals surface area contributed by atoms with E-state index < -0.39 is 0 Å². The molecule has 0 spiro atoms. The van der Waals surface area contributed by atoms with Gasteiger partial charge in [-0.3, -0.25) is 10.9 Å². The number of hydrazine groups is 1. The second-order valence-corrected chi connectivity index (χ2v) is 4.08. The summed E-state index contributed by atoms with van der Waals surface area (Å²) in [5.41, 5.74) is 7.44. The first kappa shape index (κ1) is 15.5. The topological polar surface area (TPSA) is 68.5 Å². The zero-order chi connectivity index (χ0) is 13.9. The fourth-order valence-electron chi connectivity index (χ4n) is 1.55. The predicted molar refractivity (Wildman–Crippen MR) is 75.1 cm³/mol. The van der Waals surface area contributed by atoms with Gasteiger partial charge in [-0.25, -0.2) is 5.90 Å². The molecule has 0 aromatic heterocycles. The molecular weight excluding hydrogens is 242 g/mol. The van der Waals surface area contributed by atoms with E-state index in [0.29, 0.717) is 6.61 Å². The molecule has 0 fully saturated rings. The highest BCUT2D eigenvalue weighted by molar-refractivity contribution is 5.30. The van der Waals surface area contributed by atoms with Gasteiger partial charge < -0.3 is 9.57 Å². The van der Waals surface area contributed by atoms with Crippen molar-refractivity contribution >= 4 is 0 Å². The Balaban J connectivity index is 2.39. The van der Waals surface area contributed by atoms with Gasteiger partial charge in [-0.1, -0.05) is 18.1 Å². The lowest BCUT2D eigenvalue weighted by atomic mass is 10.1. The third-order valence-corrected chi connectivity index (χ3v) is 2.56. The van der Waals surface area contributed by atoms with E-state index in [2.05, 4.69) is 28.5 Å².